The van der Waals surface area contributed by atoms with E-state index in [1.54, 1.807) is 0 Å². The monoisotopic (exact) mass is 368 g/mol. The summed E-state index contributed by atoms with van der Waals surface area (Å²) >= 11 is 3.86. The molecule has 0 saturated carbocycles. The van der Waals surface area contributed by atoms with Crippen LogP contribution >= 0.6 is 35.9 Å². The molecule has 3 nitrogen and oxygen atoms in total. The van der Waals surface area contributed by atoms with Gasteiger partial charge in [-0.15, -0.1) is 24.2 Å². The van der Waals surface area contributed by atoms with Crippen LogP contribution in [0.25, 0.3) is 10.9 Å². The Morgan fingerprint density at radius 3 is 2.83 bits per heavy atom. The molecule has 0 aliphatic carbocycles. The van der Waals surface area contributed by atoms with Crippen molar-refractivity contribution in [2.75, 3.05) is 18.8 Å². The minimum Gasteiger partial charge on any atom is -0.322 e. The van der Waals surface area contributed by atoms with E-state index in [0.717, 1.165) is 42.1 Å². The van der Waals surface area contributed by atoms with Gasteiger partial charge in [-0.3, -0.25) is 4.79 Å². The van der Waals surface area contributed by atoms with Gasteiger partial charge in [0, 0.05) is 32.4 Å². The Morgan fingerprint density at radius 1 is 1.17 bits per heavy atom. The molecule has 2 aromatic rings. The molecule has 124 valence electrons. The Labute approximate surface area is 150 Å². The molecule has 6 heteroatoms. The number of benzene rings is 1. The van der Waals surface area contributed by atoms with E-state index in [1.165, 1.54) is 28.7 Å². The highest BCUT2D eigenvalue weighted by Gasteiger charge is 2.18. The summed E-state index contributed by atoms with van der Waals surface area (Å²) in [4.78, 5) is 16.6. The summed E-state index contributed by atoms with van der Waals surface area (Å²) in [7, 11) is 0. The molecule has 3 heterocycles. The number of thioether (sulfide) groups is 2. The lowest BCUT2D eigenvalue weighted by atomic mass is 10.0. The quantitative estimate of drug-likeness (QED) is 0.850. The molecule has 1 saturated heterocycles. The van der Waals surface area contributed by atoms with Gasteiger partial charge in [0.1, 0.15) is 0 Å². The Hall–Kier alpha value is -0.620. The predicted octanol–water partition coefficient (Wildman–Crippen LogP) is 3.58. The van der Waals surface area contributed by atoms with Gasteiger partial charge >= 0.3 is 0 Å². The smallest absolute Gasteiger partial charge is 0.252 e. The van der Waals surface area contributed by atoms with Crippen molar-refractivity contribution >= 4 is 46.8 Å². The summed E-state index contributed by atoms with van der Waals surface area (Å²) in [5, 5.41) is 5.40. The molecule has 0 amide bonds. The molecule has 1 aromatic heterocycles. The Kier molecular flexibility index (Phi) is 5.62. The molecule has 0 unspecified atom stereocenters. The first kappa shape index (κ1) is 17.2. The van der Waals surface area contributed by atoms with Gasteiger partial charge in [-0.1, -0.05) is 0 Å². The highest BCUT2D eigenvalue weighted by atomic mass is 35.5. The topological polar surface area (TPSA) is 44.9 Å². The third-order valence-corrected chi connectivity index (χ3v) is 6.85. The fourth-order valence-corrected chi connectivity index (χ4v) is 5.54. The summed E-state index contributed by atoms with van der Waals surface area (Å²) in [5.41, 5.74) is 3.37. The third kappa shape index (κ3) is 3.58. The molecular weight excluding hydrogens is 348 g/mol. The number of piperidine rings is 1. The molecule has 2 aliphatic rings. The Balaban J connectivity index is 0.00000156. The standard InChI is InChI=1S/C17H20N2OS2.ClH/c20-17-15-10-21-8-5-13(15)14-9-12(1-2-16(14)19-17)22-11-3-6-18-7-4-11;/h1-2,9,11,18H,3-8,10H2,(H,19,20);1H. The average Bonchev–Trinajstić information content (AvgIpc) is 2.57. The summed E-state index contributed by atoms with van der Waals surface area (Å²) in [6.07, 6.45) is 3.49. The van der Waals surface area contributed by atoms with Crippen molar-refractivity contribution in [2.24, 2.45) is 0 Å². The van der Waals surface area contributed by atoms with Crippen LogP contribution in [0.5, 0.6) is 0 Å². The van der Waals surface area contributed by atoms with Gasteiger partial charge in [0.15, 0.2) is 0 Å². The molecular formula is C17H21ClN2OS2. The van der Waals surface area contributed by atoms with Gasteiger partial charge in [0.05, 0.1) is 0 Å². The number of rotatable bonds is 2. The molecule has 0 radical (unpaired) electrons. The summed E-state index contributed by atoms with van der Waals surface area (Å²) in [6, 6.07) is 6.55. The maximum atomic E-state index is 12.2. The molecule has 1 aromatic carbocycles. The van der Waals surface area contributed by atoms with E-state index in [4.69, 9.17) is 0 Å². The van der Waals surface area contributed by atoms with Crippen molar-refractivity contribution in [3.8, 4) is 0 Å². The van der Waals surface area contributed by atoms with Gasteiger partial charge < -0.3 is 10.3 Å². The van der Waals surface area contributed by atoms with Crippen molar-refractivity contribution in [3.05, 3.63) is 39.7 Å². The highest BCUT2D eigenvalue weighted by Crippen LogP contribution is 2.33. The van der Waals surface area contributed by atoms with E-state index in [1.807, 2.05) is 23.5 Å². The first-order valence-electron chi connectivity index (χ1n) is 7.94. The number of fused-ring (bicyclic) bond motifs is 3. The summed E-state index contributed by atoms with van der Waals surface area (Å²) in [5.74, 6) is 1.98. The molecule has 4 rings (SSSR count). The molecule has 0 bridgehead atoms. The summed E-state index contributed by atoms with van der Waals surface area (Å²) in [6.45, 7) is 2.26. The van der Waals surface area contributed by atoms with Gasteiger partial charge in [0.2, 0.25) is 0 Å². The van der Waals surface area contributed by atoms with Crippen LogP contribution in [-0.4, -0.2) is 29.1 Å². The normalized spacial score (nSPS) is 18.4. The number of aromatic nitrogens is 1. The fraction of sp³-hybridized carbons (Fsp3) is 0.471. The fourth-order valence-electron chi connectivity index (χ4n) is 3.35. The van der Waals surface area contributed by atoms with Gasteiger partial charge in [-0.2, -0.15) is 11.8 Å². The zero-order valence-electron chi connectivity index (χ0n) is 12.9. The number of nitrogens with one attached hydrogen (secondary N) is 2. The SMILES string of the molecule is Cl.O=c1[nH]c2ccc(SC3CCNCC3)cc2c2c1CSCC2. The van der Waals surface area contributed by atoms with Crippen molar-refractivity contribution in [1.29, 1.82) is 0 Å². The van der Waals surface area contributed by atoms with Crippen LogP contribution < -0.4 is 10.9 Å². The van der Waals surface area contributed by atoms with Crippen LogP contribution in [0.2, 0.25) is 0 Å². The van der Waals surface area contributed by atoms with E-state index in [-0.39, 0.29) is 18.0 Å². The van der Waals surface area contributed by atoms with Crippen LogP contribution in [0, 0.1) is 0 Å². The minimum atomic E-state index is 0. The number of aromatic amines is 1. The van der Waals surface area contributed by atoms with Gasteiger partial charge in [0.25, 0.3) is 5.56 Å². The maximum absolute atomic E-state index is 12.2. The van der Waals surface area contributed by atoms with Gasteiger partial charge in [-0.05, 0) is 61.9 Å². The molecule has 2 N–H and O–H groups in total. The summed E-state index contributed by atoms with van der Waals surface area (Å²) < 4.78 is 0. The second-order valence-electron chi connectivity index (χ2n) is 5.99. The number of H-pyrrole nitrogens is 1. The van der Waals surface area contributed by atoms with Crippen molar-refractivity contribution in [2.45, 2.75) is 35.2 Å². The van der Waals surface area contributed by atoms with Crippen molar-refractivity contribution in [1.82, 2.24) is 10.3 Å². The lowest BCUT2D eigenvalue weighted by molar-refractivity contribution is 0.531. The Bertz CT molecular complexity index is 756. The zero-order valence-corrected chi connectivity index (χ0v) is 15.3. The highest BCUT2D eigenvalue weighted by molar-refractivity contribution is 8.00. The second-order valence-corrected chi connectivity index (χ2v) is 8.47. The number of pyridine rings is 1. The van der Waals surface area contributed by atoms with E-state index < -0.39 is 0 Å². The predicted molar refractivity (Wildman–Crippen MR) is 103 cm³/mol. The second kappa shape index (κ2) is 7.51. The van der Waals surface area contributed by atoms with Crippen LogP contribution in [-0.2, 0) is 12.2 Å². The number of halogens is 1. The minimum absolute atomic E-state index is 0. The van der Waals surface area contributed by atoms with E-state index in [0.29, 0.717) is 5.25 Å². The van der Waals surface area contributed by atoms with E-state index in [9.17, 15) is 4.79 Å². The lowest BCUT2D eigenvalue weighted by Crippen LogP contribution is -2.29. The first-order valence-corrected chi connectivity index (χ1v) is 9.97. The van der Waals surface area contributed by atoms with E-state index in [2.05, 4.69) is 28.5 Å². The zero-order chi connectivity index (χ0) is 14.9. The molecule has 23 heavy (non-hydrogen) atoms. The molecule has 1 fully saturated rings. The Morgan fingerprint density at radius 2 is 2.00 bits per heavy atom. The van der Waals surface area contributed by atoms with Crippen LogP contribution in [0.3, 0.4) is 0 Å². The number of hydrogen-bond acceptors (Lipinski definition) is 4. The molecule has 0 atom stereocenters. The van der Waals surface area contributed by atoms with Crippen LogP contribution in [0.4, 0.5) is 0 Å². The largest absolute Gasteiger partial charge is 0.322 e. The average molecular weight is 369 g/mol. The van der Waals surface area contributed by atoms with Crippen LogP contribution in [0.15, 0.2) is 27.9 Å². The molecule has 0 spiro atoms. The van der Waals surface area contributed by atoms with Crippen molar-refractivity contribution in [3.63, 3.8) is 0 Å². The molecule has 2 aliphatic heterocycles. The van der Waals surface area contributed by atoms with E-state index >= 15 is 0 Å². The number of aryl methyl sites for hydroxylation is 1. The van der Waals surface area contributed by atoms with Gasteiger partial charge in [-0.25, -0.2) is 0 Å². The first-order chi connectivity index (χ1) is 10.8. The van der Waals surface area contributed by atoms with Crippen LogP contribution in [0.1, 0.15) is 24.0 Å². The lowest BCUT2D eigenvalue weighted by Gasteiger charge is -2.22. The van der Waals surface area contributed by atoms with Crippen molar-refractivity contribution < 1.29 is 0 Å². The third-order valence-electron chi connectivity index (χ3n) is 4.53. The maximum Gasteiger partial charge on any atom is 0.252 e. The number of hydrogen-bond donors (Lipinski definition) is 2.